The summed E-state index contributed by atoms with van der Waals surface area (Å²) in [5.41, 5.74) is -0.133. The molecule has 0 aromatic heterocycles. The van der Waals surface area contributed by atoms with Crippen LogP contribution in [0.2, 0.25) is 0 Å². The Labute approximate surface area is 88.0 Å². The van der Waals surface area contributed by atoms with Crippen molar-refractivity contribution in [1.29, 1.82) is 0 Å². The molecule has 3 heteroatoms. The van der Waals surface area contributed by atoms with Crippen molar-refractivity contribution in [3.63, 3.8) is 0 Å². The molecule has 2 fully saturated rings. The van der Waals surface area contributed by atoms with Crippen LogP contribution in [0.1, 0.15) is 19.3 Å². The maximum absolute atomic E-state index is 11.6. The van der Waals surface area contributed by atoms with Crippen molar-refractivity contribution in [2.45, 2.75) is 31.0 Å². The monoisotopic (exact) mass is 204 g/mol. The van der Waals surface area contributed by atoms with E-state index in [-0.39, 0.29) is 17.7 Å². The van der Waals surface area contributed by atoms with Crippen LogP contribution in [0.5, 0.6) is 5.75 Å². The lowest BCUT2D eigenvalue weighted by molar-refractivity contribution is -0.135. The zero-order chi connectivity index (χ0) is 10.3. The molecule has 15 heavy (non-hydrogen) atoms. The summed E-state index contributed by atoms with van der Waals surface area (Å²) in [5, 5.41) is 0. The molecule has 3 nitrogen and oxygen atoms in total. The van der Waals surface area contributed by atoms with Crippen molar-refractivity contribution < 1.29 is 14.3 Å². The summed E-state index contributed by atoms with van der Waals surface area (Å²) in [6.45, 7) is 0. The average molecular weight is 204 g/mol. The van der Waals surface area contributed by atoms with E-state index in [9.17, 15) is 4.79 Å². The minimum atomic E-state index is -0.313. The molecule has 1 aliphatic heterocycles. The predicted molar refractivity (Wildman–Crippen MR) is 53.5 cm³/mol. The van der Waals surface area contributed by atoms with Gasteiger partial charge in [0.1, 0.15) is 11.4 Å². The first-order chi connectivity index (χ1) is 7.30. The van der Waals surface area contributed by atoms with Gasteiger partial charge in [-0.05, 0) is 31.4 Å². The van der Waals surface area contributed by atoms with Crippen LogP contribution in [-0.2, 0) is 9.53 Å². The van der Waals surface area contributed by atoms with Crippen molar-refractivity contribution in [3.8, 4) is 5.75 Å². The van der Waals surface area contributed by atoms with E-state index in [0.29, 0.717) is 5.75 Å². The second-order valence-corrected chi connectivity index (χ2v) is 4.15. The Hall–Kier alpha value is -1.35. The molecule has 0 amide bonds. The number of para-hydroxylation sites is 1. The molecule has 1 aromatic rings. The van der Waals surface area contributed by atoms with Gasteiger partial charge in [0.25, 0.3) is 0 Å². The van der Waals surface area contributed by atoms with Crippen molar-refractivity contribution in [2.24, 2.45) is 0 Å². The third kappa shape index (κ3) is 1.43. The van der Waals surface area contributed by atoms with E-state index in [1.807, 2.05) is 18.2 Å². The molecule has 2 aliphatic rings. The highest BCUT2D eigenvalue weighted by Crippen LogP contribution is 2.52. The molecule has 1 aromatic carbocycles. The molecule has 1 aliphatic carbocycles. The van der Waals surface area contributed by atoms with Gasteiger partial charge in [0.05, 0.1) is 0 Å². The predicted octanol–water partition coefficient (Wildman–Crippen LogP) is 1.91. The fourth-order valence-electron chi connectivity index (χ4n) is 2.03. The van der Waals surface area contributed by atoms with Gasteiger partial charge in [0.2, 0.25) is 0 Å². The molecule has 1 unspecified atom stereocenters. The first-order valence-electron chi connectivity index (χ1n) is 5.25. The van der Waals surface area contributed by atoms with E-state index < -0.39 is 0 Å². The lowest BCUT2D eigenvalue weighted by atomic mass is 9.82. The molecule has 0 radical (unpaired) electrons. The van der Waals surface area contributed by atoms with Gasteiger partial charge in [0.15, 0.2) is 6.10 Å². The van der Waals surface area contributed by atoms with Crippen LogP contribution in [0.25, 0.3) is 0 Å². The normalized spacial score (nSPS) is 25.7. The Morgan fingerprint density at radius 3 is 2.60 bits per heavy atom. The van der Waals surface area contributed by atoms with Crippen LogP contribution in [-0.4, -0.2) is 17.7 Å². The minimum absolute atomic E-state index is 0.133. The number of benzene rings is 1. The summed E-state index contributed by atoms with van der Waals surface area (Å²) in [6, 6.07) is 9.12. The zero-order valence-corrected chi connectivity index (χ0v) is 8.31. The van der Waals surface area contributed by atoms with E-state index in [1.165, 1.54) is 0 Å². The molecule has 1 heterocycles. The van der Waals surface area contributed by atoms with E-state index in [0.717, 1.165) is 19.3 Å². The zero-order valence-electron chi connectivity index (χ0n) is 8.31. The smallest absolute Gasteiger partial charge is 0.343 e. The lowest BCUT2D eigenvalue weighted by Crippen LogP contribution is -2.30. The number of carbonyl (C=O) groups is 1. The van der Waals surface area contributed by atoms with Crippen molar-refractivity contribution in [2.75, 3.05) is 0 Å². The molecule has 1 saturated carbocycles. The van der Waals surface area contributed by atoms with Gasteiger partial charge in [-0.3, -0.25) is 0 Å². The maximum Gasteiger partial charge on any atom is 0.343 e. The number of epoxide rings is 1. The second-order valence-electron chi connectivity index (χ2n) is 4.15. The van der Waals surface area contributed by atoms with Crippen LogP contribution >= 0.6 is 0 Å². The van der Waals surface area contributed by atoms with Crippen molar-refractivity contribution in [3.05, 3.63) is 30.3 Å². The number of ether oxygens (including phenoxy) is 2. The van der Waals surface area contributed by atoms with E-state index in [1.54, 1.807) is 12.1 Å². The first kappa shape index (κ1) is 8.92. The van der Waals surface area contributed by atoms with Gasteiger partial charge >= 0.3 is 5.97 Å². The Morgan fingerprint density at radius 1 is 1.33 bits per heavy atom. The SMILES string of the molecule is O=C(Oc1ccccc1)C1OC12CCC2. The summed E-state index contributed by atoms with van der Waals surface area (Å²) >= 11 is 0. The maximum atomic E-state index is 11.6. The summed E-state index contributed by atoms with van der Waals surface area (Å²) in [6.07, 6.45) is 2.85. The van der Waals surface area contributed by atoms with Gasteiger partial charge < -0.3 is 9.47 Å². The molecule has 78 valence electrons. The van der Waals surface area contributed by atoms with Crippen LogP contribution in [0.3, 0.4) is 0 Å². The van der Waals surface area contributed by atoms with E-state index in [4.69, 9.17) is 9.47 Å². The molecular weight excluding hydrogens is 192 g/mol. The van der Waals surface area contributed by atoms with Gasteiger partial charge in [-0.15, -0.1) is 0 Å². The highest BCUT2D eigenvalue weighted by molar-refractivity contribution is 5.81. The van der Waals surface area contributed by atoms with Crippen LogP contribution in [0, 0.1) is 0 Å². The van der Waals surface area contributed by atoms with Crippen molar-refractivity contribution in [1.82, 2.24) is 0 Å². The molecule has 1 atom stereocenters. The Balaban J connectivity index is 1.63. The first-order valence-corrected chi connectivity index (χ1v) is 5.25. The highest BCUT2D eigenvalue weighted by atomic mass is 16.7. The highest BCUT2D eigenvalue weighted by Gasteiger charge is 2.64. The number of hydrogen-bond donors (Lipinski definition) is 0. The molecular formula is C12H12O3. The van der Waals surface area contributed by atoms with Crippen LogP contribution < -0.4 is 4.74 Å². The fourth-order valence-corrected chi connectivity index (χ4v) is 2.03. The molecule has 0 N–H and O–H groups in total. The van der Waals surface area contributed by atoms with Crippen LogP contribution in [0.15, 0.2) is 30.3 Å². The summed E-state index contributed by atoms with van der Waals surface area (Å²) in [4.78, 5) is 11.6. The Bertz CT molecular complexity index is 381. The number of rotatable bonds is 2. The Morgan fingerprint density at radius 2 is 2.07 bits per heavy atom. The van der Waals surface area contributed by atoms with Gasteiger partial charge in [0, 0.05) is 0 Å². The molecule has 3 rings (SSSR count). The fraction of sp³-hybridized carbons (Fsp3) is 0.417. The summed E-state index contributed by atoms with van der Waals surface area (Å²) in [7, 11) is 0. The van der Waals surface area contributed by atoms with Crippen LogP contribution in [0.4, 0.5) is 0 Å². The summed E-state index contributed by atoms with van der Waals surface area (Å²) in [5.74, 6) is 0.341. The van der Waals surface area contributed by atoms with Gasteiger partial charge in [-0.25, -0.2) is 4.79 Å². The van der Waals surface area contributed by atoms with E-state index >= 15 is 0 Å². The van der Waals surface area contributed by atoms with E-state index in [2.05, 4.69) is 0 Å². The number of carbonyl (C=O) groups excluding carboxylic acids is 1. The largest absolute Gasteiger partial charge is 0.425 e. The molecule has 0 bridgehead atoms. The molecule has 1 saturated heterocycles. The quantitative estimate of drug-likeness (QED) is 0.419. The number of esters is 1. The lowest BCUT2D eigenvalue weighted by Gasteiger charge is -2.20. The van der Waals surface area contributed by atoms with Gasteiger partial charge in [-0.1, -0.05) is 18.2 Å². The standard InChI is InChI=1S/C12H12O3/c13-11(10-12(15-10)7-4-8-12)14-9-5-2-1-3-6-9/h1-3,5-6,10H,4,7-8H2. The third-order valence-corrected chi connectivity index (χ3v) is 3.15. The average Bonchev–Trinajstić information content (AvgIpc) is 2.94. The van der Waals surface area contributed by atoms with Gasteiger partial charge in [-0.2, -0.15) is 0 Å². The third-order valence-electron chi connectivity index (χ3n) is 3.15. The number of hydrogen-bond acceptors (Lipinski definition) is 3. The topological polar surface area (TPSA) is 38.8 Å². The Kier molecular flexibility index (Phi) is 1.83. The molecule has 1 spiro atoms. The second kappa shape index (κ2) is 3.07. The minimum Gasteiger partial charge on any atom is -0.425 e. The summed E-state index contributed by atoms with van der Waals surface area (Å²) < 4.78 is 10.6. The van der Waals surface area contributed by atoms with Crippen molar-refractivity contribution >= 4 is 5.97 Å².